The molecule has 6 aliphatic heterocycles. The van der Waals surface area contributed by atoms with E-state index < -0.39 is 20.6 Å². The summed E-state index contributed by atoms with van der Waals surface area (Å²) in [7, 11) is -4.19. The van der Waals surface area contributed by atoms with Crippen LogP contribution in [0, 0.1) is 35.5 Å². The van der Waals surface area contributed by atoms with Gasteiger partial charge in [-0.15, -0.1) is 11.8 Å². The van der Waals surface area contributed by atoms with Crippen molar-refractivity contribution in [3.05, 3.63) is 397 Å². The molecule has 0 radical (unpaired) electrons. The molecule has 0 fully saturated rings. The largest absolute Gasteiger partial charge is 0.489 e. The van der Waals surface area contributed by atoms with E-state index in [2.05, 4.69) is 313 Å². The lowest BCUT2D eigenvalue weighted by Gasteiger charge is -2.29. The minimum Gasteiger partial charge on any atom is -0.489 e. The lowest BCUT2D eigenvalue weighted by molar-refractivity contribution is 0.103. The first kappa shape index (κ1) is 80.7. The highest BCUT2D eigenvalue weighted by molar-refractivity contribution is 7.98. The Morgan fingerprint density at radius 2 is 0.670 bits per heavy atom. The summed E-state index contributed by atoms with van der Waals surface area (Å²) in [5.41, 5.74) is 26.5. The first-order chi connectivity index (χ1) is 54.3. The molecule has 12 aromatic rings. The van der Waals surface area contributed by atoms with Gasteiger partial charge in [-0.2, -0.15) is 0 Å². The van der Waals surface area contributed by atoms with Crippen LogP contribution < -0.4 is 10.1 Å². The standard InChI is InChI=1S/C18H20O.C17H19N.C17H18O2S.C17H18OS.C17H18O.C17H18S/c1-13(2)18-16-9-5-3-7-14(16)11-19-12-15-8-4-6-10-17(15)18;1-12(2)17-14-8-4-3-7-13(14)11-18-16-10-6-5-9-15(16)17;1-12(2)17-14-8-4-3-7-13(14)11-20(18,19)16-10-6-5-9-15(16)17;1-12(2)17-14-8-4-3-7-13(14)11-19(18)16-10-6-5-9-15(16)17;2*1-12(2)17-14-8-4-3-7-13(14)11-18-16-10-6-5-9-15(16)17/h3-10,13,18H,11-12H2,1-2H3;3-10,12,17-18H,11H2,1-2H3;3-10,12,17H,11H2,1-2H3;3-10,12,17H,11H2,1-2H3;2*3-10,12,17H,11H2,1-2H3. The number of anilines is 1. The minimum atomic E-state index is -3.26. The van der Waals surface area contributed by atoms with E-state index in [1.807, 2.05) is 72.4 Å². The quantitative estimate of drug-likeness (QED) is 0.178. The lowest BCUT2D eigenvalue weighted by atomic mass is 9.78. The van der Waals surface area contributed by atoms with Gasteiger partial charge < -0.3 is 14.8 Å². The molecule has 0 aliphatic carbocycles. The highest BCUT2D eigenvalue weighted by atomic mass is 32.2. The van der Waals surface area contributed by atoms with Crippen molar-refractivity contribution in [2.45, 2.75) is 177 Å². The second-order valence-corrected chi connectivity index (χ2v) is 37.0. The molecule has 112 heavy (non-hydrogen) atoms. The van der Waals surface area contributed by atoms with Crippen molar-refractivity contribution in [1.29, 1.82) is 0 Å². The van der Waals surface area contributed by atoms with Crippen molar-refractivity contribution < 1.29 is 22.1 Å². The monoisotopic (exact) mass is 1540 g/mol. The van der Waals surface area contributed by atoms with Gasteiger partial charge in [-0.25, -0.2) is 8.42 Å². The summed E-state index contributed by atoms with van der Waals surface area (Å²) in [4.78, 5) is 2.96. The van der Waals surface area contributed by atoms with Gasteiger partial charge in [0.05, 0.1) is 40.4 Å². The minimum absolute atomic E-state index is 0.101. The van der Waals surface area contributed by atoms with Crippen LogP contribution in [-0.2, 0) is 69.0 Å². The molecule has 0 bridgehead atoms. The SMILES string of the molecule is CC(C)C1c2ccccc2CNc2ccccc21.CC(C)C1c2ccccc2COCc2ccccc21.CC(C)C1c2ccccc2COc2ccccc21.CC(C)C1c2ccccc2CS(=O)(=O)c2ccccc21.CC(C)C1c2ccccc2CS(=O)c2ccccc21.CC(C)C1c2ccccc2CSc2ccccc21. The van der Waals surface area contributed by atoms with Gasteiger partial charge in [0.1, 0.15) is 12.4 Å². The highest BCUT2D eigenvalue weighted by Crippen LogP contribution is 2.48. The Labute approximate surface area is 675 Å². The van der Waals surface area contributed by atoms with Crippen LogP contribution in [-0.4, -0.2) is 12.6 Å². The molecule has 18 rings (SSSR count). The van der Waals surface area contributed by atoms with Gasteiger partial charge >= 0.3 is 0 Å². The molecule has 0 saturated carbocycles. The number of ether oxygens (including phenoxy) is 2. The van der Waals surface area contributed by atoms with Gasteiger partial charge in [-0.3, -0.25) is 4.21 Å². The summed E-state index contributed by atoms with van der Waals surface area (Å²) >= 11 is 1.97. The maximum atomic E-state index is 12.6. The van der Waals surface area contributed by atoms with Crippen LogP contribution in [0.2, 0.25) is 0 Å². The zero-order valence-electron chi connectivity index (χ0n) is 67.4. The number of rotatable bonds is 6. The summed E-state index contributed by atoms with van der Waals surface area (Å²) in [5, 5.41) is 3.57. The van der Waals surface area contributed by atoms with Gasteiger partial charge in [0, 0.05) is 68.8 Å². The average Bonchev–Trinajstić information content (AvgIpc) is 1.67. The first-order valence-corrected chi connectivity index (χ1v) is 44.4. The number of para-hydroxylation sites is 2. The Morgan fingerprint density at radius 1 is 0.330 bits per heavy atom. The number of nitrogens with one attached hydrogen (secondary N) is 1. The Bertz CT molecular complexity index is 4890. The second-order valence-electron chi connectivity index (χ2n) is 32.6. The third kappa shape index (κ3) is 18.2. The lowest BCUT2D eigenvalue weighted by Crippen LogP contribution is -2.16. The molecule has 12 aromatic carbocycles. The van der Waals surface area contributed by atoms with E-state index in [9.17, 15) is 12.6 Å². The Balaban J connectivity index is 0.000000118. The van der Waals surface area contributed by atoms with Crippen molar-refractivity contribution in [3.63, 3.8) is 0 Å². The fraction of sp³-hybridized carbons (Fsp3) is 0.301. The zero-order valence-corrected chi connectivity index (χ0v) is 69.8. The Morgan fingerprint density at radius 3 is 1.22 bits per heavy atom. The van der Waals surface area contributed by atoms with Crippen molar-refractivity contribution >= 4 is 38.1 Å². The molecule has 0 saturated heterocycles. The topological polar surface area (TPSA) is 81.7 Å². The summed E-state index contributed by atoms with van der Waals surface area (Å²) in [5.74, 6) is 8.51. The summed E-state index contributed by atoms with van der Waals surface area (Å²) < 4.78 is 49.6. The van der Waals surface area contributed by atoms with Crippen LogP contribution in [0.25, 0.3) is 0 Å². The fourth-order valence-corrected chi connectivity index (χ4v) is 22.2. The van der Waals surface area contributed by atoms with Crippen LogP contribution in [0.4, 0.5) is 5.69 Å². The van der Waals surface area contributed by atoms with Crippen molar-refractivity contribution in [2.75, 3.05) is 5.32 Å². The van der Waals surface area contributed by atoms with E-state index >= 15 is 0 Å². The summed E-state index contributed by atoms with van der Waals surface area (Å²) in [6.07, 6.45) is 0. The van der Waals surface area contributed by atoms with E-state index in [1.54, 1.807) is 6.07 Å². The molecular weight excluding hydrogens is 1430 g/mol. The number of thioether (sulfide) groups is 1. The fourth-order valence-electron chi connectivity index (χ4n) is 18.0. The number of fused-ring (bicyclic) bond motifs is 12. The predicted octanol–water partition coefficient (Wildman–Crippen LogP) is 26.2. The Hall–Kier alpha value is -9.35. The maximum absolute atomic E-state index is 12.6. The molecule has 0 spiro atoms. The number of hydrogen-bond acceptors (Lipinski definition) is 7. The van der Waals surface area contributed by atoms with Crippen LogP contribution in [0.5, 0.6) is 5.75 Å². The molecule has 6 atom stereocenters. The summed E-state index contributed by atoms with van der Waals surface area (Å²) in [6.45, 7) is 30.3. The van der Waals surface area contributed by atoms with Gasteiger partial charge in [0.2, 0.25) is 0 Å². The van der Waals surface area contributed by atoms with E-state index in [0.717, 1.165) is 39.6 Å². The molecule has 1 N–H and O–H groups in total. The number of benzene rings is 12. The zero-order chi connectivity index (χ0) is 78.6. The molecule has 9 heteroatoms. The molecule has 6 nitrogen and oxygen atoms in total. The number of sulfone groups is 1. The first-order valence-electron chi connectivity index (χ1n) is 40.4. The van der Waals surface area contributed by atoms with Gasteiger partial charge in [0.25, 0.3) is 0 Å². The van der Waals surface area contributed by atoms with Crippen LogP contribution in [0.3, 0.4) is 0 Å². The highest BCUT2D eigenvalue weighted by Gasteiger charge is 2.35. The maximum Gasteiger partial charge on any atom is 0.182 e. The molecule has 0 aromatic heterocycles. The smallest absolute Gasteiger partial charge is 0.182 e. The van der Waals surface area contributed by atoms with Gasteiger partial charge in [-0.05, 0) is 166 Å². The van der Waals surface area contributed by atoms with Gasteiger partial charge in [0.15, 0.2) is 9.84 Å². The third-order valence-electron chi connectivity index (χ3n) is 23.0. The molecule has 6 aliphatic rings. The summed E-state index contributed by atoms with van der Waals surface area (Å²) in [6, 6.07) is 102. The van der Waals surface area contributed by atoms with E-state index in [-0.39, 0.29) is 11.7 Å². The van der Waals surface area contributed by atoms with Crippen LogP contribution in [0.1, 0.15) is 224 Å². The molecule has 6 unspecified atom stereocenters. The third-order valence-corrected chi connectivity index (χ3v) is 27.3. The van der Waals surface area contributed by atoms with Gasteiger partial charge in [-0.1, -0.05) is 344 Å². The van der Waals surface area contributed by atoms with Crippen LogP contribution in [0.15, 0.2) is 306 Å². The van der Waals surface area contributed by atoms with Crippen LogP contribution >= 0.6 is 11.8 Å². The second kappa shape index (κ2) is 37.1. The molecule has 576 valence electrons. The van der Waals surface area contributed by atoms with E-state index in [0.29, 0.717) is 95.6 Å². The Kier molecular flexibility index (Phi) is 26.7. The van der Waals surface area contributed by atoms with E-state index in [1.165, 1.54) is 99.6 Å². The molecule has 0 amide bonds. The van der Waals surface area contributed by atoms with Crippen molar-refractivity contribution in [1.82, 2.24) is 0 Å². The average molecular weight is 1540 g/mol. The molecule has 6 heterocycles. The number of hydrogen-bond donors (Lipinski definition) is 1. The van der Waals surface area contributed by atoms with Crippen molar-refractivity contribution in [2.24, 2.45) is 35.5 Å². The normalized spacial score (nSPS) is 18.4. The predicted molar refractivity (Wildman–Crippen MR) is 468 cm³/mol. The van der Waals surface area contributed by atoms with E-state index in [4.69, 9.17) is 9.47 Å². The molecular formula is C103H111NO5S3. The van der Waals surface area contributed by atoms with Crippen molar-refractivity contribution in [3.8, 4) is 5.75 Å².